The van der Waals surface area contributed by atoms with Crippen molar-refractivity contribution in [3.8, 4) is 28.4 Å². The maximum absolute atomic E-state index is 12.8. The van der Waals surface area contributed by atoms with Gasteiger partial charge in [-0.25, -0.2) is 4.79 Å². The number of nitrogens with one attached hydrogen (secondary N) is 1. The lowest BCUT2D eigenvalue weighted by molar-refractivity contribution is -0.111. The van der Waals surface area contributed by atoms with Crippen LogP contribution >= 0.6 is 11.3 Å². The molecule has 1 aromatic heterocycles. The average molecular weight is 510 g/mol. The molecule has 0 saturated heterocycles. The lowest BCUT2D eigenvalue weighted by Crippen LogP contribution is -2.12. The van der Waals surface area contributed by atoms with Gasteiger partial charge in [0.15, 0.2) is 11.5 Å². The number of hydrogen-bond acceptors (Lipinski definition) is 7. The first kappa shape index (κ1) is 26.8. The van der Waals surface area contributed by atoms with Crippen molar-refractivity contribution in [2.75, 3.05) is 25.6 Å². The molecule has 8 heteroatoms. The molecule has 0 aliphatic rings. The number of benzene rings is 2. The third-order valence-electron chi connectivity index (χ3n) is 4.96. The van der Waals surface area contributed by atoms with Gasteiger partial charge in [0.2, 0.25) is 5.91 Å². The van der Waals surface area contributed by atoms with E-state index in [4.69, 9.17) is 18.9 Å². The second kappa shape index (κ2) is 12.8. The van der Waals surface area contributed by atoms with Crippen molar-refractivity contribution in [1.82, 2.24) is 0 Å². The van der Waals surface area contributed by atoms with E-state index in [-0.39, 0.29) is 18.6 Å². The second-order valence-corrected chi connectivity index (χ2v) is 8.81. The molecule has 0 aliphatic carbocycles. The van der Waals surface area contributed by atoms with E-state index in [1.54, 1.807) is 32.2 Å². The maximum atomic E-state index is 12.8. The van der Waals surface area contributed by atoms with Crippen LogP contribution in [0.3, 0.4) is 0 Å². The summed E-state index contributed by atoms with van der Waals surface area (Å²) >= 11 is 1.27. The Morgan fingerprint density at radius 2 is 1.78 bits per heavy atom. The van der Waals surface area contributed by atoms with E-state index in [1.807, 2.05) is 56.5 Å². The topological polar surface area (TPSA) is 83.1 Å². The second-order valence-electron chi connectivity index (χ2n) is 7.93. The van der Waals surface area contributed by atoms with Gasteiger partial charge >= 0.3 is 5.97 Å². The number of thiophene rings is 1. The molecule has 0 spiro atoms. The predicted octanol–water partition coefficient (Wildman–Crippen LogP) is 6.44. The summed E-state index contributed by atoms with van der Waals surface area (Å²) in [6.45, 7) is 8.33. The van der Waals surface area contributed by atoms with Crippen LogP contribution in [0.2, 0.25) is 0 Å². The Morgan fingerprint density at radius 1 is 1.03 bits per heavy atom. The predicted molar refractivity (Wildman–Crippen MR) is 143 cm³/mol. The summed E-state index contributed by atoms with van der Waals surface area (Å²) in [6.07, 6.45) is 3.09. The Labute approximate surface area is 215 Å². The lowest BCUT2D eigenvalue weighted by Gasteiger charge is -2.13. The average Bonchev–Trinajstić information content (AvgIpc) is 3.27. The molecule has 0 unspecified atom stereocenters. The Hall–Kier alpha value is -3.78. The van der Waals surface area contributed by atoms with E-state index in [1.165, 1.54) is 17.4 Å². The molecule has 190 valence electrons. The molecule has 1 heterocycles. The van der Waals surface area contributed by atoms with Crippen LogP contribution in [0.5, 0.6) is 17.2 Å². The maximum Gasteiger partial charge on any atom is 0.341 e. The monoisotopic (exact) mass is 509 g/mol. The van der Waals surface area contributed by atoms with Gasteiger partial charge in [0, 0.05) is 17.0 Å². The van der Waals surface area contributed by atoms with E-state index in [0.717, 1.165) is 16.9 Å². The van der Waals surface area contributed by atoms with Crippen molar-refractivity contribution in [3.05, 3.63) is 65.0 Å². The number of rotatable bonds is 11. The summed E-state index contributed by atoms with van der Waals surface area (Å²) in [5.74, 6) is 1.09. The molecule has 0 aliphatic heterocycles. The number of anilines is 1. The molecule has 7 nitrogen and oxygen atoms in total. The zero-order chi connectivity index (χ0) is 26.1. The van der Waals surface area contributed by atoms with Gasteiger partial charge in [-0.15, -0.1) is 11.3 Å². The fourth-order valence-electron chi connectivity index (χ4n) is 3.43. The van der Waals surface area contributed by atoms with Gasteiger partial charge in [-0.1, -0.05) is 18.2 Å². The number of carbonyl (C=O) groups excluding carboxylic acids is 2. The van der Waals surface area contributed by atoms with Crippen LogP contribution in [0.15, 0.2) is 53.9 Å². The van der Waals surface area contributed by atoms with Crippen LogP contribution in [-0.2, 0) is 9.53 Å². The SMILES string of the molecule is CCOC(=O)c1c(-c2ccc(OCC)cc2)csc1NC(=O)/C=C/c1ccc(OC(C)C)c(OC)c1. The third-order valence-corrected chi connectivity index (χ3v) is 5.86. The number of hydrogen-bond donors (Lipinski definition) is 1. The summed E-state index contributed by atoms with van der Waals surface area (Å²) in [7, 11) is 1.57. The van der Waals surface area contributed by atoms with E-state index < -0.39 is 5.97 Å². The first-order chi connectivity index (χ1) is 17.4. The molecule has 0 bridgehead atoms. The van der Waals surface area contributed by atoms with Crippen LogP contribution < -0.4 is 19.5 Å². The zero-order valence-electron chi connectivity index (χ0n) is 21.1. The number of ether oxygens (including phenoxy) is 4. The lowest BCUT2D eigenvalue weighted by atomic mass is 10.0. The number of esters is 1. The Balaban J connectivity index is 1.82. The van der Waals surface area contributed by atoms with E-state index in [2.05, 4.69) is 5.32 Å². The van der Waals surface area contributed by atoms with Gasteiger partial charge < -0.3 is 24.3 Å². The largest absolute Gasteiger partial charge is 0.494 e. The molecule has 3 rings (SSSR count). The van der Waals surface area contributed by atoms with E-state index >= 15 is 0 Å². The summed E-state index contributed by atoms with van der Waals surface area (Å²) in [6, 6.07) is 12.9. The summed E-state index contributed by atoms with van der Waals surface area (Å²) in [5.41, 5.74) is 2.60. The smallest absolute Gasteiger partial charge is 0.341 e. The van der Waals surface area contributed by atoms with Gasteiger partial charge in [-0.05, 0) is 69.2 Å². The van der Waals surface area contributed by atoms with Crippen molar-refractivity contribution in [3.63, 3.8) is 0 Å². The van der Waals surface area contributed by atoms with Crippen molar-refractivity contribution >= 4 is 34.3 Å². The van der Waals surface area contributed by atoms with Gasteiger partial charge in [0.1, 0.15) is 16.3 Å². The minimum atomic E-state index is -0.493. The number of carbonyl (C=O) groups is 2. The highest BCUT2D eigenvalue weighted by Crippen LogP contribution is 2.37. The zero-order valence-corrected chi connectivity index (χ0v) is 21.9. The van der Waals surface area contributed by atoms with E-state index in [9.17, 15) is 9.59 Å². The van der Waals surface area contributed by atoms with Crippen molar-refractivity contribution in [2.45, 2.75) is 33.8 Å². The minimum absolute atomic E-state index is 0.0120. The Morgan fingerprint density at radius 3 is 2.42 bits per heavy atom. The summed E-state index contributed by atoms with van der Waals surface area (Å²) in [4.78, 5) is 25.5. The Kier molecular flexibility index (Phi) is 9.53. The van der Waals surface area contributed by atoms with Crippen molar-refractivity contribution in [2.24, 2.45) is 0 Å². The fourth-order valence-corrected chi connectivity index (χ4v) is 4.39. The first-order valence-corrected chi connectivity index (χ1v) is 12.6. The van der Waals surface area contributed by atoms with E-state index in [0.29, 0.717) is 34.2 Å². The summed E-state index contributed by atoms with van der Waals surface area (Å²) < 4.78 is 21.9. The molecular weight excluding hydrogens is 478 g/mol. The number of methoxy groups -OCH3 is 1. The highest BCUT2D eigenvalue weighted by atomic mass is 32.1. The minimum Gasteiger partial charge on any atom is -0.494 e. The quantitative estimate of drug-likeness (QED) is 0.237. The van der Waals surface area contributed by atoms with Gasteiger partial charge in [0.05, 0.1) is 26.4 Å². The van der Waals surface area contributed by atoms with Crippen molar-refractivity contribution in [1.29, 1.82) is 0 Å². The molecule has 0 radical (unpaired) electrons. The highest BCUT2D eigenvalue weighted by molar-refractivity contribution is 7.15. The first-order valence-electron chi connectivity index (χ1n) is 11.7. The molecule has 0 fully saturated rings. The summed E-state index contributed by atoms with van der Waals surface area (Å²) in [5, 5.41) is 5.07. The van der Waals surface area contributed by atoms with Crippen LogP contribution in [0.4, 0.5) is 5.00 Å². The number of amides is 1. The third kappa shape index (κ3) is 6.88. The van der Waals surface area contributed by atoms with Gasteiger partial charge in [-0.2, -0.15) is 0 Å². The molecule has 36 heavy (non-hydrogen) atoms. The van der Waals surface area contributed by atoms with Gasteiger partial charge in [-0.3, -0.25) is 4.79 Å². The molecule has 1 N–H and O–H groups in total. The molecule has 2 aromatic carbocycles. The normalized spacial score (nSPS) is 10.9. The molecular formula is C28H31NO6S. The highest BCUT2D eigenvalue weighted by Gasteiger charge is 2.22. The fraction of sp³-hybridized carbons (Fsp3) is 0.286. The Bertz CT molecular complexity index is 1210. The van der Waals surface area contributed by atoms with Crippen molar-refractivity contribution < 1.29 is 28.5 Å². The molecule has 0 saturated carbocycles. The standard InChI is InChI=1S/C28H31NO6S/c1-6-33-21-12-10-20(11-13-21)22-17-36-27(26(22)28(31)34-7-2)29-25(30)15-9-19-8-14-23(35-18(3)4)24(16-19)32-5/h8-18H,6-7H2,1-5H3,(H,29,30)/b15-9+. The van der Waals surface area contributed by atoms with Crippen LogP contribution in [0.25, 0.3) is 17.2 Å². The van der Waals surface area contributed by atoms with Crippen LogP contribution in [0, 0.1) is 0 Å². The molecule has 0 atom stereocenters. The van der Waals surface area contributed by atoms with Crippen LogP contribution in [-0.4, -0.2) is 38.3 Å². The molecule has 1 amide bonds. The van der Waals surface area contributed by atoms with Crippen LogP contribution in [0.1, 0.15) is 43.6 Å². The van der Waals surface area contributed by atoms with Gasteiger partial charge in [0.25, 0.3) is 0 Å². The molecule has 3 aromatic rings.